The molecule has 6 nitrogen and oxygen atoms in total. The molecule has 0 bridgehead atoms. The van der Waals surface area contributed by atoms with Crippen molar-refractivity contribution in [3.63, 3.8) is 0 Å². The highest BCUT2D eigenvalue weighted by atomic mass is 19.1. The maximum Gasteiger partial charge on any atom is 0.227 e. The third-order valence-corrected chi connectivity index (χ3v) is 6.15. The highest BCUT2D eigenvalue weighted by Crippen LogP contribution is 2.33. The number of imidazole rings is 1. The van der Waals surface area contributed by atoms with E-state index in [2.05, 4.69) is 0 Å². The standard InChI is InChI=1S/C27H26FN3O3/c1-18-9-11-23(12-10-18)34-17-22(32)16-31-25-8-3-2-7-24(25)29-27(31)19-13-26(33)30(15-19)21-6-4-5-20(28)14-21/h2-12,14,19,22,32H,13,15-17H2,1H3/t19-,22+/m0/s1. The van der Waals surface area contributed by atoms with Crippen LogP contribution in [0.15, 0.2) is 72.8 Å². The molecule has 1 aliphatic heterocycles. The predicted octanol–water partition coefficient (Wildman–Crippen LogP) is 4.44. The first kappa shape index (κ1) is 22.1. The Labute approximate surface area is 197 Å². The van der Waals surface area contributed by atoms with Gasteiger partial charge in [-0.25, -0.2) is 9.37 Å². The number of para-hydroxylation sites is 2. The molecule has 0 saturated carbocycles. The Kier molecular flexibility index (Phi) is 6.02. The van der Waals surface area contributed by atoms with Crippen molar-refractivity contribution in [2.24, 2.45) is 0 Å². The van der Waals surface area contributed by atoms with Crippen LogP contribution in [-0.4, -0.2) is 39.8 Å². The molecule has 1 amide bonds. The molecule has 0 aliphatic carbocycles. The Morgan fingerprint density at radius 3 is 2.71 bits per heavy atom. The lowest BCUT2D eigenvalue weighted by Gasteiger charge is -2.19. The van der Waals surface area contributed by atoms with Gasteiger partial charge in [0.05, 0.1) is 17.6 Å². The molecule has 0 radical (unpaired) electrons. The molecule has 4 aromatic rings. The van der Waals surface area contributed by atoms with Crippen LogP contribution in [0.1, 0.15) is 23.7 Å². The van der Waals surface area contributed by atoms with Gasteiger partial charge in [0.1, 0.15) is 30.1 Å². The fraction of sp³-hybridized carbons (Fsp3) is 0.259. The van der Waals surface area contributed by atoms with Gasteiger partial charge in [-0.3, -0.25) is 4.79 Å². The molecule has 1 aromatic heterocycles. The van der Waals surface area contributed by atoms with Crippen LogP contribution >= 0.6 is 0 Å². The van der Waals surface area contributed by atoms with E-state index >= 15 is 0 Å². The molecule has 1 fully saturated rings. The van der Waals surface area contributed by atoms with Crippen molar-refractivity contribution in [2.75, 3.05) is 18.1 Å². The molecule has 0 unspecified atom stereocenters. The van der Waals surface area contributed by atoms with Crippen molar-refractivity contribution in [1.29, 1.82) is 0 Å². The molecular formula is C27H26FN3O3. The van der Waals surface area contributed by atoms with Crippen molar-refractivity contribution in [1.82, 2.24) is 9.55 Å². The summed E-state index contributed by atoms with van der Waals surface area (Å²) < 4.78 is 21.5. The van der Waals surface area contributed by atoms with Crippen LogP contribution in [0.5, 0.6) is 5.75 Å². The number of aliphatic hydroxyl groups excluding tert-OH is 1. The number of aryl methyl sites for hydroxylation is 1. The van der Waals surface area contributed by atoms with Gasteiger partial charge in [-0.05, 0) is 49.4 Å². The molecule has 174 valence electrons. The average molecular weight is 460 g/mol. The molecule has 0 spiro atoms. The number of halogens is 1. The minimum Gasteiger partial charge on any atom is -0.491 e. The number of aliphatic hydroxyl groups is 1. The monoisotopic (exact) mass is 459 g/mol. The maximum absolute atomic E-state index is 13.7. The number of fused-ring (bicyclic) bond motifs is 1. The number of rotatable bonds is 7. The van der Waals surface area contributed by atoms with Crippen molar-refractivity contribution < 1.29 is 19.0 Å². The number of carbonyl (C=O) groups excluding carboxylic acids is 1. The molecular weight excluding hydrogens is 433 g/mol. The van der Waals surface area contributed by atoms with E-state index < -0.39 is 6.10 Å². The van der Waals surface area contributed by atoms with Gasteiger partial charge in [0.2, 0.25) is 5.91 Å². The summed E-state index contributed by atoms with van der Waals surface area (Å²) in [5.41, 5.74) is 3.38. The van der Waals surface area contributed by atoms with Gasteiger partial charge in [-0.2, -0.15) is 0 Å². The fourth-order valence-corrected chi connectivity index (χ4v) is 4.46. The number of carbonyl (C=O) groups is 1. The predicted molar refractivity (Wildman–Crippen MR) is 129 cm³/mol. The number of amides is 1. The summed E-state index contributed by atoms with van der Waals surface area (Å²) >= 11 is 0. The van der Waals surface area contributed by atoms with Gasteiger partial charge in [0.25, 0.3) is 0 Å². The third-order valence-electron chi connectivity index (χ3n) is 6.15. The van der Waals surface area contributed by atoms with Crippen LogP contribution in [0, 0.1) is 12.7 Å². The first-order valence-electron chi connectivity index (χ1n) is 11.4. The summed E-state index contributed by atoms with van der Waals surface area (Å²) in [5, 5.41) is 10.8. The normalized spacial score (nSPS) is 16.9. The van der Waals surface area contributed by atoms with Crippen molar-refractivity contribution in [3.05, 3.63) is 90.0 Å². The molecule has 7 heteroatoms. The Hall–Kier alpha value is -3.71. The Morgan fingerprint density at radius 2 is 1.91 bits per heavy atom. The summed E-state index contributed by atoms with van der Waals surface area (Å²) in [6.45, 7) is 2.83. The lowest BCUT2D eigenvalue weighted by molar-refractivity contribution is -0.117. The zero-order valence-corrected chi connectivity index (χ0v) is 18.9. The quantitative estimate of drug-likeness (QED) is 0.444. The van der Waals surface area contributed by atoms with Gasteiger partial charge in [-0.1, -0.05) is 35.9 Å². The van der Waals surface area contributed by atoms with E-state index in [0.29, 0.717) is 18.0 Å². The van der Waals surface area contributed by atoms with Crippen LogP contribution in [0.2, 0.25) is 0 Å². The zero-order valence-electron chi connectivity index (χ0n) is 18.9. The second-order valence-corrected chi connectivity index (χ2v) is 8.73. The largest absolute Gasteiger partial charge is 0.491 e. The maximum atomic E-state index is 13.7. The van der Waals surface area contributed by atoms with Crippen LogP contribution < -0.4 is 9.64 Å². The second-order valence-electron chi connectivity index (χ2n) is 8.73. The number of ether oxygens (including phenoxy) is 1. The van der Waals surface area contributed by atoms with Crippen LogP contribution in [0.3, 0.4) is 0 Å². The molecule has 2 atom stereocenters. The number of anilines is 1. The molecule has 5 rings (SSSR count). The lowest BCUT2D eigenvalue weighted by Crippen LogP contribution is -2.26. The van der Waals surface area contributed by atoms with Gasteiger partial charge in [0, 0.05) is 24.6 Å². The van der Waals surface area contributed by atoms with Crippen molar-refractivity contribution in [2.45, 2.75) is 31.9 Å². The number of hydrogen-bond acceptors (Lipinski definition) is 4. The molecule has 2 heterocycles. The van der Waals surface area contributed by atoms with Crippen LogP contribution in [0.25, 0.3) is 11.0 Å². The average Bonchev–Trinajstić information content (AvgIpc) is 3.39. The highest BCUT2D eigenvalue weighted by Gasteiger charge is 2.35. The van der Waals surface area contributed by atoms with E-state index in [1.165, 1.54) is 12.1 Å². The van der Waals surface area contributed by atoms with Crippen molar-refractivity contribution in [3.8, 4) is 5.75 Å². The SMILES string of the molecule is Cc1ccc(OC[C@H](O)Cn2c([C@H]3CC(=O)N(c4cccc(F)c4)C3)nc3ccccc32)cc1. The van der Waals surface area contributed by atoms with E-state index in [0.717, 1.165) is 22.4 Å². The summed E-state index contributed by atoms with van der Waals surface area (Å²) in [6, 6.07) is 21.5. The first-order chi connectivity index (χ1) is 16.5. The first-order valence-corrected chi connectivity index (χ1v) is 11.4. The number of hydrogen-bond donors (Lipinski definition) is 1. The topological polar surface area (TPSA) is 67.6 Å². The number of nitrogens with zero attached hydrogens (tertiary/aromatic N) is 3. The fourth-order valence-electron chi connectivity index (χ4n) is 4.46. The van der Waals surface area contributed by atoms with Gasteiger partial charge in [0.15, 0.2) is 0 Å². The summed E-state index contributed by atoms with van der Waals surface area (Å²) in [5.74, 6) is 0.818. The molecule has 34 heavy (non-hydrogen) atoms. The van der Waals surface area contributed by atoms with E-state index in [-0.39, 0.29) is 37.2 Å². The Balaban J connectivity index is 1.38. The molecule has 1 aliphatic rings. The second kappa shape index (κ2) is 9.27. The van der Waals surface area contributed by atoms with Crippen LogP contribution in [-0.2, 0) is 11.3 Å². The summed E-state index contributed by atoms with van der Waals surface area (Å²) in [6.07, 6.45) is -0.496. The minimum absolute atomic E-state index is 0.0718. The van der Waals surface area contributed by atoms with Crippen LogP contribution in [0.4, 0.5) is 10.1 Å². The zero-order chi connectivity index (χ0) is 23.7. The highest BCUT2D eigenvalue weighted by molar-refractivity contribution is 5.96. The number of benzene rings is 3. The van der Waals surface area contributed by atoms with Gasteiger partial charge in [-0.15, -0.1) is 0 Å². The lowest BCUT2D eigenvalue weighted by atomic mass is 10.1. The van der Waals surface area contributed by atoms with E-state index in [1.54, 1.807) is 17.0 Å². The van der Waals surface area contributed by atoms with Gasteiger partial charge < -0.3 is 19.3 Å². The van der Waals surface area contributed by atoms with E-state index in [9.17, 15) is 14.3 Å². The van der Waals surface area contributed by atoms with Crippen molar-refractivity contribution >= 4 is 22.6 Å². The minimum atomic E-state index is -0.769. The summed E-state index contributed by atoms with van der Waals surface area (Å²) in [7, 11) is 0. The van der Waals surface area contributed by atoms with Gasteiger partial charge >= 0.3 is 0 Å². The molecule has 1 saturated heterocycles. The Bertz CT molecular complexity index is 1320. The Morgan fingerprint density at radius 1 is 1.12 bits per heavy atom. The smallest absolute Gasteiger partial charge is 0.227 e. The summed E-state index contributed by atoms with van der Waals surface area (Å²) in [4.78, 5) is 19.2. The molecule has 3 aromatic carbocycles. The number of aromatic nitrogens is 2. The third kappa shape index (κ3) is 4.52. The van der Waals surface area contributed by atoms with E-state index in [4.69, 9.17) is 9.72 Å². The van der Waals surface area contributed by atoms with E-state index in [1.807, 2.05) is 60.0 Å². The molecule has 1 N–H and O–H groups in total.